The van der Waals surface area contributed by atoms with Crippen LogP contribution in [0.1, 0.15) is 51.0 Å². The number of aryl methyl sites for hydroxylation is 2. The van der Waals surface area contributed by atoms with Crippen LogP contribution < -0.4 is 11.2 Å². The van der Waals surface area contributed by atoms with Crippen LogP contribution in [0.25, 0.3) is 16.9 Å². The number of aromatic nitrogens is 5. The Balaban J connectivity index is 2.52. The number of nitrogens with zero attached hydrogens (tertiary/aromatic N) is 5. The van der Waals surface area contributed by atoms with Crippen LogP contribution >= 0.6 is 0 Å². The molecule has 0 atom stereocenters. The molecular weight excluding hydrogens is 306 g/mol. The van der Waals surface area contributed by atoms with E-state index < -0.39 is 0 Å². The molecule has 0 amide bonds. The van der Waals surface area contributed by atoms with E-state index in [1.165, 1.54) is 9.13 Å². The Morgan fingerprint density at radius 1 is 1.12 bits per heavy atom. The molecule has 3 rings (SSSR count). The van der Waals surface area contributed by atoms with Gasteiger partial charge in [-0.2, -0.15) is 4.98 Å². The molecule has 0 saturated carbocycles. The van der Waals surface area contributed by atoms with Gasteiger partial charge in [0.25, 0.3) is 5.56 Å². The quantitative estimate of drug-likeness (QED) is 0.736. The molecule has 0 spiro atoms. The van der Waals surface area contributed by atoms with Crippen molar-refractivity contribution in [2.24, 2.45) is 7.05 Å². The first-order chi connectivity index (χ1) is 11.3. The Bertz CT molecular complexity index is 1050. The molecule has 24 heavy (non-hydrogen) atoms. The van der Waals surface area contributed by atoms with E-state index in [0.717, 1.165) is 30.0 Å². The van der Waals surface area contributed by atoms with E-state index in [9.17, 15) is 9.59 Å². The monoisotopic (exact) mass is 331 g/mol. The molecule has 0 fully saturated rings. The van der Waals surface area contributed by atoms with Gasteiger partial charge < -0.3 is 4.57 Å². The summed E-state index contributed by atoms with van der Waals surface area (Å²) in [5, 5.41) is 0. The van der Waals surface area contributed by atoms with Crippen LogP contribution in [-0.4, -0.2) is 23.1 Å². The van der Waals surface area contributed by atoms with Crippen molar-refractivity contribution in [2.45, 2.75) is 60.0 Å². The topological polar surface area (TPSA) is 66.2 Å². The Morgan fingerprint density at radius 3 is 2.38 bits per heavy atom. The second-order valence-electron chi connectivity index (χ2n) is 6.71. The third-order valence-electron chi connectivity index (χ3n) is 4.81. The number of fused-ring (bicyclic) bond motifs is 3. The minimum Gasteiger partial charge on any atom is -0.311 e. The summed E-state index contributed by atoms with van der Waals surface area (Å²) in [6.45, 7) is 10.7. The van der Waals surface area contributed by atoms with E-state index in [4.69, 9.17) is 0 Å². The second-order valence-corrected chi connectivity index (χ2v) is 6.71. The molecule has 7 heteroatoms. The van der Waals surface area contributed by atoms with E-state index in [1.54, 1.807) is 7.05 Å². The van der Waals surface area contributed by atoms with Gasteiger partial charge in [-0.25, -0.2) is 4.79 Å². The summed E-state index contributed by atoms with van der Waals surface area (Å²) < 4.78 is 6.82. The van der Waals surface area contributed by atoms with E-state index >= 15 is 0 Å². The van der Waals surface area contributed by atoms with Crippen molar-refractivity contribution in [1.82, 2.24) is 23.1 Å². The van der Waals surface area contributed by atoms with Crippen LogP contribution in [0, 0.1) is 13.8 Å². The summed E-state index contributed by atoms with van der Waals surface area (Å²) in [4.78, 5) is 30.2. The summed E-state index contributed by atoms with van der Waals surface area (Å²) in [5.74, 6) is 0.718. The molecule has 0 aliphatic rings. The summed E-state index contributed by atoms with van der Waals surface area (Å²) in [7, 11) is 1.68. The maximum Gasteiger partial charge on any atom is 0.332 e. The minimum atomic E-state index is -0.299. The molecular formula is C17H25N5O2. The number of unbranched alkanes of at least 4 members (excludes halogenated alkanes) is 1. The lowest BCUT2D eigenvalue weighted by atomic mass is 10.3. The lowest BCUT2D eigenvalue weighted by Gasteiger charge is -2.10. The van der Waals surface area contributed by atoms with Crippen molar-refractivity contribution in [3.05, 3.63) is 32.2 Å². The molecule has 0 aromatic carbocycles. The van der Waals surface area contributed by atoms with Crippen molar-refractivity contribution < 1.29 is 0 Å². The smallest absolute Gasteiger partial charge is 0.311 e. The van der Waals surface area contributed by atoms with E-state index in [1.807, 2.05) is 25.2 Å². The van der Waals surface area contributed by atoms with Gasteiger partial charge >= 0.3 is 5.69 Å². The van der Waals surface area contributed by atoms with Gasteiger partial charge in [-0.3, -0.25) is 18.3 Å². The third kappa shape index (κ3) is 2.07. The van der Waals surface area contributed by atoms with Gasteiger partial charge in [0, 0.05) is 31.0 Å². The Morgan fingerprint density at radius 2 is 1.79 bits per heavy atom. The van der Waals surface area contributed by atoms with E-state index in [-0.39, 0.29) is 17.3 Å². The first-order valence-electron chi connectivity index (χ1n) is 8.50. The van der Waals surface area contributed by atoms with Gasteiger partial charge in [0.2, 0.25) is 5.78 Å². The van der Waals surface area contributed by atoms with Gasteiger partial charge in [-0.1, -0.05) is 13.3 Å². The molecule has 3 heterocycles. The molecule has 3 aromatic rings. The Hall–Kier alpha value is -2.31. The van der Waals surface area contributed by atoms with Crippen molar-refractivity contribution in [1.29, 1.82) is 0 Å². The van der Waals surface area contributed by atoms with Gasteiger partial charge in [-0.15, -0.1) is 0 Å². The highest BCUT2D eigenvalue weighted by molar-refractivity contribution is 5.76. The van der Waals surface area contributed by atoms with Crippen LogP contribution in [0.2, 0.25) is 0 Å². The number of rotatable bonds is 4. The summed E-state index contributed by atoms with van der Waals surface area (Å²) in [5.41, 5.74) is 2.46. The van der Waals surface area contributed by atoms with Gasteiger partial charge in [0.1, 0.15) is 0 Å². The van der Waals surface area contributed by atoms with Crippen LogP contribution in [0.15, 0.2) is 9.59 Å². The molecule has 7 nitrogen and oxygen atoms in total. The summed E-state index contributed by atoms with van der Waals surface area (Å²) in [6, 6.07) is 0.220. The van der Waals surface area contributed by atoms with Crippen LogP contribution in [0.4, 0.5) is 0 Å². The molecule has 3 aromatic heterocycles. The predicted molar refractivity (Wildman–Crippen MR) is 95.0 cm³/mol. The number of hydrogen-bond acceptors (Lipinski definition) is 3. The highest BCUT2D eigenvalue weighted by Gasteiger charge is 2.23. The van der Waals surface area contributed by atoms with Crippen molar-refractivity contribution >= 4 is 16.9 Å². The fraction of sp³-hybridized carbons (Fsp3) is 0.588. The fourth-order valence-corrected chi connectivity index (χ4v) is 3.41. The fourth-order valence-electron chi connectivity index (χ4n) is 3.41. The normalized spacial score (nSPS) is 12.1. The molecule has 0 unspecified atom stereocenters. The molecule has 0 N–H and O–H groups in total. The average Bonchev–Trinajstić information content (AvgIpc) is 3.02. The maximum atomic E-state index is 13.0. The third-order valence-corrected chi connectivity index (χ3v) is 4.81. The molecule has 0 saturated heterocycles. The van der Waals surface area contributed by atoms with Crippen LogP contribution in [-0.2, 0) is 13.6 Å². The molecule has 0 radical (unpaired) electrons. The zero-order valence-electron chi connectivity index (χ0n) is 15.3. The Kier molecular flexibility index (Phi) is 3.89. The van der Waals surface area contributed by atoms with Gasteiger partial charge in [0.15, 0.2) is 11.2 Å². The van der Waals surface area contributed by atoms with Gasteiger partial charge in [-0.05, 0) is 34.1 Å². The maximum absolute atomic E-state index is 13.0. The standard InChI is InChI=1S/C17H25N5O2/c1-7-8-9-20-15(23)13-14(19(6)17(20)24)18-16-21(10(2)3)11(4)12(5)22(13)16/h10H,7-9H2,1-6H3. The predicted octanol–water partition coefficient (Wildman–Crippen LogP) is 2.15. The van der Waals surface area contributed by atoms with Crippen molar-refractivity contribution in [3.8, 4) is 0 Å². The highest BCUT2D eigenvalue weighted by Crippen LogP contribution is 2.23. The summed E-state index contributed by atoms with van der Waals surface area (Å²) >= 11 is 0. The molecule has 0 bridgehead atoms. The number of hydrogen-bond donors (Lipinski definition) is 0. The summed E-state index contributed by atoms with van der Waals surface area (Å²) in [6.07, 6.45) is 1.73. The first kappa shape index (κ1) is 16.5. The number of imidazole rings is 2. The van der Waals surface area contributed by atoms with E-state index in [2.05, 4.69) is 23.4 Å². The largest absolute Gasteiger partial charge is 0.332 e. The highest BCUT2D eigenvalue weighted by atomic mass is 16.2. The second kappa shape index (κ2) is 5.65. The van der Waals surface area contributed by atoms with Crippen molar-refractivity contribution in [2.75, 3.05) is 0 Å². The minimum absolute atomic E-state index is 0.220. The SMILES string of the molecule is CCCCn1c(=O)c2c(nc3n(C(C)C)c(C)c(C)n23)n(C)c1=O. The molecule has 0 aliphatic heterocycles. The van der Waals surface area contributed by atoms with E-state index in [0.29, 0.717) is 17.7 Å². The molecule has 0 aliphatic carbocycles. The van der Waals surface area contributed by atoms with Crippen LogP contribution in [0.5, 0.6) is 0 Å². The average molecular weight is 331 g/mol. The lowest BCUT2D eigenvalue weighted by Crippen LogP contribution is -2.39. The lowest BCUT2D eigenvalue weighted by molar-refractivity contribution is 0.566. The van der Waals surface area contributed by atoms with Crippen LogP contribution in [0.3, 0.4) is 0 Å². The zero-order chi connectivity index (χ0) is 17.8. The first-order valence-corrected chi connectivity index (χ1v) is 8.50. The van der Waals surface area contributed by atoms with Crippen molar-refractivity contribution in [3.63, 3.8) is 0 Å². The zero-order valence-corrected chi connectivity index (χ0v) is 15.3. The Labute approximate surface area is 140 Å². The molecule has 130 valence electrons. The van der Waals surface area contributed by atoms with Gasteiger partial charge in [0.05, 0.1) is 0 Å².